The van der Waals surface area contributed by atoms with Gasteiger partial charge in [0.05, 0.1) is 12.8 Å². The van der Waals surface area contributed by atoms with Crippen molar-refractivity contribution in [1.29, 1.82) is 0 Å². The molecule has 1 atom stereocenters. The van der Waals surface area contributed by atoms with Crippen LogP contribution in [-0.2, 0) is 9.59 Å². The fourth-order valence-electron chi connectivity index (χ4n) is 2.69. The molecule has 2 saturated heterocycles. The smallest absolute Gasteiger partial charge is 0.246 e. The number of rotatable bonds is 3. The number of hydrogen-bond donors (Lipinski definition) is 0. The molecule has 0 radical (unpaired) electrons. The summed E-state index contributed by atoms with van der Waals surface area (Å²) in [7, 11) is 0. The second-order valence-corrected chi connectivity index (χ2v) is 4.84. The van der Waals surface area contributed by atoms with Crippen LogP contribution in [-0.4, -0.2) is 53.1 Å². The lowest BCUT2D eigenvalue weighted by Gasteiger charge is -2.35. The number of hydrogen-bond acceptors (Lipinski definition) is 4. The van der Waals surface area contributed by atoms with Crippen LogP contribution in [0.15, 0.2) is 22.8 Å². The van der Waals surface area contributed by atoms with Gasteiger partial charge in [-0.15, -0.1) is 0 Å². The zero-order valence-corrected chi connectivity index (χ0v) is 10.4. The summed E-state index contributed by atoms with van der Waals surface area (Å²) < 4.78 is 5.00. The average molecular weight is 262 g/mol. The second-order valence-electron chi connectivity index (χ2n) is 4.84. The Bertz CT molecular complexity index is 523. The largest absolute Gasteiger partial charge is 0.461 e. The molecule has 2 amide bonds. The Hall–Kier alpha value is -2.11. The van der Waals surface area contributed by atoms with Gasteiger partial charge in [-0.1, -0.05) is 0 Å². The van der Waals surface area contributed by atoms with Crippen LogP contribution in [0, 0.1) is 0 Å². The van der Waals surface area contributed by atoms with Crippen LogP contribution in [0.2, 0.25) is 0 Å². The van der Waals surface area contributed by atoms with E-state index in [0.717, 1.165) is 6.42 Å². The molecule has 0 bridgehead atoms. The van der Waals surface area contributed by atoms with E-state index >= 15 is 0 Å². The molecule has 6 heteroatoms. The van der Waals surface area contributed by atoms with Crippen LogP contribution in [0.3, 0.4) is 0 Å². The van der Waals surface area contributed by atoms with Crippen LogP contribution in [0.5, 0.6) is 0 Å². The minimum Gasteiger partial charge on any atom is -0.461 e. The predicted octanol–water partition coefficient (Wildman–Crippen LogP) is 0.295. The molecule has 2 aliphatic rings. The van der Waals surface area contributed by atoms with E-state index in [4.69, 9.17) is 4.42 Å². The van der Waals surface area contributed by atoms with Crippen molar-refractivity contribution in [3.8, 4) is 0 Å². The van der Waals surface area contributed by atoms with E-state index in [1.54, 1.807) is 17.0 Å². The quantitative estimate of drug-likeness (QED) is 0.734. The van der Waals surface area contributed by atoms with Crippen molar-refractivity contribution in [2.45, 2.75) is 18.9 Å². The van der Waals surface area contributed by atoms with Gasteiger partial charge in [-0.25, -0.2) is 0 Å². The van der Waals surface area contributed by atoms with Crippen molar-refractivity contribution in [2.24, 2.45) is 0 Å². The Balaban J connectivity index is 1.73. The molecule has 3 rings (SSSR count). The Morgan fingerprint density at radius 2 is 2.26 bits per heavy atom. The molecule has 0 spiro atoms. The molecular weight excluding hydrogens is 248 g/mol. The Morgan fingerprint density at radius 3 is 3.00 bits per heavy atom. The Labute approximate surface area is 110 Å². The van der Waals surface area contributed by atoms with Crippen molar-refractivity contribution in [1.82, 2.24) is 9.80 Å². The number of piperazine rings is 1. The maximum atomic E-state index is 12.2. The summed E-state index contributed by atoms with van der Waals surface area (Å²) in [5, 5.41) is 0. The van der Waals surface area contributed by atoms with E-state index < -0.39 is 0 Å². The number of fused-ring (bicyclic) bond motifs is 1. The summed E-state index contributed by atoms with van der Waals surface area (Å²) in [5.41, 5.74) is 0. The van der Waals surface area contributed by atoms with Crippen LogP contribution >= 0.6 is 0 Å². The number of nitrogens with zero attached hydrogens (tertiary/aromatic N) is 2. The van der Waals surface area contributed by atoms with Gasteiger partial charge in [0.1, 0.15) is 12.6 Å². The molecule has 19 heavy (non-hydrogen) atoms. The normalized spacial score (nSPS) is 22.8. The third kappa shape index (κ3) is 2.03. The van der Waals surface area contributed by atoms with E-state index in [0.29, 0.717) is 13.0 Å². The number of carbonyl (C=O) groups is 3. The van der Waals surface area contributed by atoms with Crippen molar-refractivity contribution in [3.05, 3.63) is 24.2 Å². The highest BCUT2D eigenvalue weighted by atomic mass is 16.3. The van der Waals surface area contributed by atoms with Gasteiger partial charge in [-0.2, -0.15) is 0 Å². The highest BCUT2D eigenvalue weighted by molar-refractivity contribution is 6.01. The van der Waals surface area contributed by atoms with Gasteiger partial charge in [-0.05, 0) is 25.0 Å². The zero-order chi connectivity index (χ0) is 13.4. The summed E-state index contributed by atoms with van der Waals surface area (Å²) in [4.78, 5) is 39.0. The highest BCUT2D eigenvalue weighted by Crippen LogP contribution is 2.23. The lowest BCUT2D eigenvalue weighted by Crippen LogP contribution is -2.58. The van der Waals surface area contributed by atoms with Crippen molar-refractivity contribution in [3.63, 3.8) is 0 Å². The molecule has 1 aromatic rings. The molecule has 0 N–H and O–H groups in total. The molecule has 0 saturated carbocycles. The van der Waals surface area contributed by atoms with Gasteiger partial charge in [0.2, 0.25) is 17.6 Å². The minimum absolute atomic E-state index is 0.0121. The average Bonchev–Trinajstić information content (AvgIpc) is 3.05. The number of ketones is 1. The van der Waals surface area contributed by atoms with Gasteiger partial charge in [-0.3, -0.25) is 14.4 Å². The van der Waals surface area contributed by atoms with E-state index in [1.807, 2.05) is 0 Å². The molecule has 3 heterocycles. The van der Waals surface area contributed by atoms with E-state index in [2.05, 4.69) is 0 Å². The van der Waals surface area contributed by atoms with Crippen LogP contribution < -0.4 is 0 Å². The minimum atomic E-state index is -0.370. The number of furan rings is 1. The molecule has 2 fully saturated rings. The zero-order valence-electron chi connectivity index (χ0n) is 10.4. The first-order valence-corrected chi connectivity index (χ1v) is 6.32. The van der Waals surface area contributed by atoms with Gasteiger partial charge in [0.15, 0.2) is 5.76 Å². The Kier molecular flexibility index (Phi) is 2.85. The number of carbonyl (C=O) groups excluding carboxylic acids is 3. The Morgan fingerprint density at radius 1 is 1.42 bits per heavy atom. The van der Waals surface area contributed by atoms with Gasteiger partial charge in [0, 0.05) is 6.54 Å². The van der Waals surface area contributed by atoms with Crippen LogP contribution in [0.4, 0.5) is 0 Å². The third-order valence-corrected chi connectivity index (χ3v) is 3.63. The van der Waals surface area contributed by atoms with E-state index in [-0.39, 0.29) is 42.5 Å². The van der Waals surface area contributed by atoms with Gasteiger partial charge < -0.3 is 14.2 Å². The first-order chi connectivity index (χ1) is 9.16. The van der Waals surface area contributed by atoms with Crippen LogP contribution in [0.1, 0.15) is 23.4 Å². The lowest BCUT2D eigenvalue weighted by molar-refractivity contribution is -0.152. The van der Waals surface area contributed by atoms with Gasteiger partial charge >= 0.3 is 0 Å². The number of Topliss-reactive ketones (excluding diaryl/α,β-unsaturated/α-hetero) is 1. The standard InChI is InChI=1S/C13H14N2O4/c16-10(11-4-2-6-19-11)7-14-8-12(17)15-5-1-3-9(15)13(14)18/h2,4,6,9H,1,3,5,7-8H2. The fourth-order valence-corrected chi connectivity index (χ4v) is 2.69. The molecular formula is C13H14N2O4. The summed E-state index contributed by atoms with van der Waals surface area (Å²) in [6.45, 7) is 0.541. The first-order valence-electron chi connectivity index (χ1n) is 6.32. The van der Waals surface area contributed by atoms with E-state index in [9.17, 15) is 14.4 Å². The van der Waals surface area contributed by atoms with Crippen molar-refractivity contribution in [2.75, 3.05) is 19.6 Å². The topological polar surface area (TPSA) is 70.8 Å². The summed E-state index contributed by atoms with van der Waals surface area (Å²) in [6.07, 6.45) is 2.95. The molecule has 100 valence electrons. The van der Waals surface area contributed by atoms with Crippen molar-refractivity contribution < 1.29 is 18.8 Å². The highest BCUT2D eigenvalue weighted by Gasteiger charge is 2.42. The summed E-state index contributed by atoms with van der Waals surface area (Å²) in [6, 6.07) is 2.81. The maximum Gasteiger partial charge on any atom is 0.246 e. The molecule has 0 aliphatic carbocycles. The summed E-state index contributed by atoms with van der Waals surface area (Å²) >= 11 is 0. The fraction of sp³-hybridized carbons (Fsp3) is 0.462. The molecule has 0 aromatic carbocycles. The predicted molar refractivity (Wildman–Crippen MR) is 64.4 cm³/mol. The monoisotopic (exact) mass is 262 g/mol. The maximum absolute atomic E-state index is 12.2. The van der Waals surface area contributed by atoms with Crippen LogP contribution in [0.25, 0.3) is 0 Å². The lowest BCUT2D eigenvalue weighted by atomic mass is 10.1. The molecule has 6 nitrogen and oxygen atoms in total. The molecule has 2 aliphatic heterocycles. The third-order valence-electron chi connectivity index (χ3n) is 3.63. The SMILES string of the molecule is O=C(CN1CC(=O)N2CCCC2C1=O)c1ccco1. The first kappa shape index (κ1) is 12.0. The number of amides is 2. The molecule has 1 aromatic heterocycles. The molecule has 1 unspecified atom stereocenters. The van der Waals surface area contributed by atoms with Crippen molar-refractivity contribution >= 4 is 17.6 Å². The summed E-state index contributed by atoms with van der Waals surface area (Å²) in [5.74, 6) is -0.266. The van der Waals surface area contributed by atoms with Gasteiger partial charge in [0.25, 0.3) is 0 Å². The second kappa shape index (κ2) is 4.53. The van der Waals surface area contributed by atoms with E-state index in [1.165, 1.54) is 11.2 Å².